The molecule has 0 atom stereocenters. The molecule has 1 aromatic rings. The number of rotatable bonds is 6. The molecule has 0 N–H and O–H groups in total. The van der Waals surface area contributed by atoms with Crippen molar-refractivity contribution in [3.63, 3.8) is 0 Å². The number of hydrogen-bond acceptors (Lipinski definition) is 7. The van der Waals surface area contributed by atoms with Gasteiger partial charge in [-0.25, -0.2) is 9.59 Å². The van der Waals surface area contributed by atoms with Gasteiger partial charge in [0.1, 0.15) is 0 Å². The second-order valence-electron chi connectivity index (χ2n) is 4.02. The Bertz CT molecular complexity index is 565. The third-order valence-electron chi connectivity index (χ3n) is 2.80. The van der Waals surface area contributed by atoms with Gasteiger partial charge in [0.2, 0.25) is 0 Å². The van der Waals surface area contributed by atoms with E-state index in [2.05, 4.69) is 22.1 Å². The molecule has 1 aromatic heterocycles. The number of carbonyl (C=O) groups excluding carboxylic acids is 2. The molecule has 0 spiro atoms. The summed E-state index contributed by atoms with van der Waals surface area (Å²) in [5.41, 5.74) is 0.680. The summed E-state index contributed by atoms with van der Waals surface area (Å²) < 4.78 is 20.9. The van der Waals surface area contributed by atoms with Crippen LogP contribution < -0.4 is 4.57 Å². The van der Waals surface area contributed by atoms with E-state index < -0.39 is 18.2 Å². The standard InChI is InChI=1S/C14H17NO6S/c1-18-12(16)10(11(22)13(17)19-2)15-7-5-9(6-8-15)14(20-3)21-4/h5-8,14H,1-4H3/p+1. The normalized spacial score (nSPS) is 11.9. The van der Waals surface area contributed by atoms with E-state index in [1.807, 2.05) is 0 Å². The van der Waals surface area contributed by atoms with Crippen LogP contribution in [0.1, 0.15) is 11.9 Å². The van der Waals surface area contributed by atoms with Crippen LogP contribution in [0.4, 0.5) is 0 Å². The van der Waals surface area contributed by atoms with Crippen molar-refractivity contribution in [3.8, 4) is 0 Å². The number of thiol groups is 1. The first kappa shape index (κ1) is 18.1. The predicted molar refractivity (Wildman–Crippen MR) is 79.6 cm³/mol. The first-order valence-electron chi connectivity index (χ1n) is 6.17. The predicted octanol–water partition coefficient (Wildman–Crippen LogP) is 0.710. The van der Waals surface area contributed by atoms with Gasteiger partial charge in [-0.1, -0.05) is 0 Å². The summed E-state index contributed by atoms with van der Waals surface area (Å²) in [4.78, 5) is 23.3. The van der Waals surface area contributed by atoms with Crippen molar-refractivity contribution in [2.75, 3.05) is 28.4 Å². The maximum absolute atomic E-state index is 11.9. The number of pyridine rings is 1. The van der Waals surface area contributed by atoms with E-state index in [0.717, 1.165) is 5.56 Å². The molecule has 0 amide bonds. The molecule has 8 heteroatoms. The molecule has 7 nitrogen and oxygen atoms in total. The highest BCUT2D eigenvalue weighted by molar-refractivity contribution is 7.85. The molecule has 120 valence electrons. The molecular weight excluding hydrogens is 310 g/mol. The molecule has 0 aliphatic rings. The molecular formula is C14H18NO6S+. The zero-order valence-corrected chi connectivity index (χ0v) is 13.6. The third-order valence-corrected chi connectivity index (χ3v) is 3.19. The quantitative estimate of drug-likeness (QED) is 0.273. The average molecular weight is 328 g/mol. The highest BCUT2D eigenvalue weighted by Gasteiger charge is 2.29. The number of esters is 2. The van der Waals surface area contributed by atoms with E-state index >= 15 is 0 Å². The molecule has 0 fully saturated rings. The fourth-order valence-electron chi connectivity index (χ4n) is 1.73. The minimum Gasteiger partial charge on any atom is -0.465 e. The van der Waals surface area contributed by atoms with Crippen molar-refractivity contribution in [3.05, 3.63) is 35.0 Å². The van der Waals surface area contributed by atoms with Crippen LogP contribution in [0.15, 0.2) is 29.4 Å². The molecule has 1 heterocycles. The van der Waals surface area contributed by atoms with Gasteiger partial charge >= 0.3 is 17.6 Å². The van der Waals surface area contributed by atoms with Gasteiger partial charge in [-0.2, -0.15) is 4.57 Å². The van der Waals surface area contributed by atoms with Crippen LogP contribution in [0.2, 0.25) is 0 Å². The van der Waals surface area contributed by atoms with Crippen LogP contribution >= 0.6 is 12.6 Å². The van der Waals surface area contributed by atoms with Crippen molar-refractivity contribution in [2.45, 2.75) is 6.29 Å². The summed E-state index contributed by atoms with van der Waals surface area (Å²) in [5, 5.41) is 0. The Labute approximate surface area is 133 Å². The second-order valence-corrected chi connectivity index (χ2v) is 4.47. The van der Waals surface area contributed by atoms with E-state index in [1.165, 1.54) is 33.0 Å². The van der Waals surface area contributed by atoms with E-state index in [4.69, 9.17) is 9.47 Å². The first-order chi connectivity index (χ1) is 10.5. The molecule has 0 aliphatic carbocycles. The molecule has 0 saturated heterocycles. The minimum atomic E-state index is -0.744. The molecule has 0 saturated carbocycles. The smallest absolute Gasteiger partial charge is 0.405 e. The molecule has 22 heavy (non-hydrogen) atoms. The fourth-order valence-corrected chi connectivity index (χ4v) is 2.03. The van der Waals surface area contributed by atoms with Crippen LogP contribution in [0.25, 0.3) is 5.70 Å². The zero-order chi connectivity index (χ0) is 16.7. The van der Waals surface area contributed by atoms with Gasteiger partial charge < -0.3 is 18.9 Å². The SMILES string of the molecule is COC(=O)C(S)=C(C(=O)OC)[n+]1ccc(C(OC)OC)cc1. The van der Waals surface area contributed by atoms with Gasteiger partial charge in [0.05, 0.1) is 14.2 Å². The average Bonchev–Trinajstić information content (AvgIpc) is 2.56. The van der Waals surface area contributed by atoms with Crippen LogP contribution in [0.3, 0.4) is 0 Å². The van der Waals surface area contributed by atoms with Crippen LogP contribution in [0, 0.1) is 0 Å². The van der Waals surface area contributed by atoms with Crippen molar-refractivity contribution in [2.24, 2.45) is 0 Å². The van der Waals surface area contributed by atoms with E-state index in [-0.39, 0.29) is 10.6 Å². The maximum atomic E-state index is 11.9. The Morgan fingerprint density at radius 3 is 1.91 bits per heavy atom. The van der Waals surface area contributed by atoms with E-state index in [1.54, 1.807) is 24.5 Å². The molecule has 0 aliphatic heterocycles. The zero-order valence-electron chi connectivity index (χ0n) is 12.7. The number of methoxy groups -OCH3 is 4. The summed E-state index contributed by atoms with van der Waals surface area (Å²) in [5.74, 6) is -1.46. The van der Waals surface area contributed by atoms with Crippen molar-refractivity contribution >= 4 is 30.3 Å². The van der Waals surface area contributed by atoms with Gasteiger partial charge in [-0.15, -0.1) is 12.6 Å². The molecule has 0 radical (unpaired) electrons. The van der Waals surface area contributed by atoms with Crippen molar-refractivity contribution in [1.82, 2.24) is 0 Å². The van der Waals surface area contributed by atoms with Gasteiger partial charge in [-0.05, 0) is 0 Å². The Kier molecular flexibility index (Phi) is 7.03. The monoisotopic (exact) mass is 328 g/mol. The van der Waals surface area contributed by atoms with Gasteiger partial charge in [0.25, 0.3) is 0 Å². The lowest BCUT2D eigenvalue weighted by molar-refractivity contribution is -0.578. The molecule has 1 rings (SSSR count). The lowest BCUT2D eigenvalue weighted by atomic mass is 10.2. The summed E-state index contributed by atoms with van der Waals surface area (Å²) in [6.07, 6.45) is 2.59. The highest BCUT2D eigenvalue weighted by atomic mass is 32.1. The van der Waals surface area contributed by atoms with Gasteiger partial charge in [0, 0.05) is 31.9 Å². The lowest BCUT2D eigenvalue weighted by Gasteiger charge is -2.12. The Morgan fingerprint density at radius 1 is 1.00 bits per heavy atom. The second kappa shape index (κ2) is 8.52. The van der Waals surface area contributed by atoms with Gasteiger partial charge in [0.15, 0.2) is 23.6 Å². The summed E-state index contributed by atoms with van der Waals surface area (Å²) >= 11 is 4.04. The largest absolute Gasteiger partial charge is 0.465 e. The third kappa shape index (κ3) is 4.06. The Hall–Kier alpha value is -1.90. The summed E-state index contributed by atoms with van der Waals surface area (Å²) in [6.45, 7) is 0. The van der Waals surface area contributed by atoms with Crippen LogP contribution in [0.5, 0.6) is 0 Å². The highest BCUT2D eigenvalue weighted by Crippen LogP contribution is 2.17. The maximum Gasteiger partial charge on any atom is 0.405 e. The minimum absolute atomic E-state index is 0.0596. The van der Waals surface area contributed by atoms with Crippen molar-refractivity contribution in [1.29, 1.82) is 0 Å². The number of carbonyl (C=O) groups is 2. The van der Waals surface area contributed by atoms with Crippen LogP contribution in [-0.2, 0) is 28.5 Å². The molecule has 0 bridgehead atoms. The lowest BCUT2D eigenvalue weighted by Crippen LogP contribution is -2.38. The topological polar surface area (TPSA) is 74.9 Å². The van der Waals surface area contributed by atoms with Crippen molar-refractivity contribution < 1.29 is 33.1 Å². The summed E-state index contributed by atoms with van der Waals surface area (Å²) in [7, 11) is 5.43. The van der Waals surface area contributed by atoms with E-state index in [9.17, 15) is 9.59 Å². The first-order valence-corrected chi connectivity index (χ1v) is 6.61. The number of hydrogen-bond donors (Lipinski definition) is 1. The van der Waals surface area contributed by atoms with E-state index in [0.29, 0.717) is 0 Å². The molecule has 0 unspecified atom stereocenters. The number of aromatic nitrogens is 1. The number of nitrogens with zero attached hydrogens (tertiary/aromatic N) is 1. The number of ether oxygens (including phenoxy) is 4. The van der Waals surface area contributed by atoms with Crippen LogP contribution in [-0.4, -0.2) is 40.4 Å². The molecule has 0 aromatic carbocycles. The Morgan fingerprint density at radius 2 is 1.50 bits per heavy atom. The van der Waals surface area contributed by atoms with Gasteiger partial charge in [-0.3, -0.25) is 0 Å². The summed E-state index contributed by atoms with van der Waals surface area (Å²) in [6, 6.07) is 3.36. The fraction of sp³-hybridized carbons (Fsp3) is 0.357. The Balaban J connectivity index is 3.28.